The molecule has 1 aliphatic rings. The van der Waals surface area contributed by atoms with Crippen molar-refractivity contribution in [2.75, 3.05) is 12.4 Å². The van der Waals surface area contributed by atoms with E-state index < -0.39 is 20.0 Å². The Hall–Kier alpha value is -0.290. The second-order valence-corrected chi connectivity index (χ2v) is 7.72. The summed E-state index contributed by atoms with van der Waals surface area (Å²) in [7, 11) is -3.40. The van der Waals surface area contributed by atoms with E-state index >= 15 is 0 Å². The predicted octanol–water partition coefficient (Wildman–Crippen LogP) is 1.39. The third-order valence-corrected chi connectivity index (χ3v) is 6.17. The van der Waals surface area contributed by atoms with E-state index in [9.17, 15) is 13.2 Å². The van der Waals surface area contributed by atoms with Gasteiger partial charge in [0.05, 0.1) is 0 Å². The molecule has 1 rings (SSSR count). The number of sulfone groups is 1. The average molecular weight is 268 g/mol. The highest BCUT2D eigenvalue weighted by Crippen LogP contribution is 2.33. The lowest BCUT2D eigenvalue weighted by Gasteiger charge is -2.19. The second kappa shape index (κ2) is 4.53. The number of halogens is 1. The molecule has 1 heterocycles. The summed E-state index contributed by atoms with van der Waals surface area (Å²) in [4.78, 5) is 13.4. The smallest absolute Gasteiger partial charge is 0.244 e. The number of hydrogen-bond donors (Lipinski definition) is 0. The van der Waals surface area contributed by atoms with Crippen LogP contribution in [0, 0.1) is 0 Å². The molecule has 0 aromatic rings. The molecular formula is C10H18ClNO3S. The van der Waals surface area contributed by atoms with Crippen molar-refractivity contribution in [3.8, 4) is 0 Å². The lowest BCUT2D eigenvalue weighted by molar-refractivity contribution is -0.131. The van der Waals surface area contributed by atoms with Crippen molar-refractivity contribution in [2.45, 2.75) is 43.7 Å². The summed E-state index contributed by atoms with van der Waals surface area (Å²) in [6.07, 6.45) is 1.53. The number of rotatable bonds is 4. The monoisotopic (exact) mass is 267 g/mol. The summed E-state index contributed by atoms with van der Waals surface area (Å²) in [5, 5.41) is -0.717. The molecule has 1 fully saturated rings. The van der Waals surface area contributed by atoms with Gasteiger partial charge in [0.25, 0.3) is 0 Å². The van der Waals surface area contributed by atoms with E-state index in [1.807, 2.05) is 0 Å². The maximum absolute atomic E-state index is 12.0. The number of carbonyl (C=O) groups is 1. The maximum atomic E-state index is 12.0. The standard InChI is InChI=1S/C10H18ClNO3S/c1-8-12(7-5-4-6-11)9(13)10(2,3)16(8,14)15/h8H,4-7H2,1-3H3. The number of unbranched alkanes of at least 4 members (excludes halogenated alkanes) is 1. The van der Waals surface area contributed by atoms with Crippen LogP contribution in [0.15, 0.2) is 0 Å². The molecule has 0 aromatic heterocycles. The van der Waals surface area contributed by atoms with Crippen LogP contribution in [0.5, 0.6) is 0 Å². The van der Waals surface area contributed by atoms with E-state index in [4.69, 9.17) is 11.6 Å². The van der Waals surface area contributed by atoms with Gasteiger partial charge in [0.2, 0.25) is 5.91 Å². The molecule has 0 spiro atoms. The van der Waals surface area contributed by atoms with Gasteiger partial charge in [0.1, 0.15) is 10.1 Å². The van der Waals surface area contributed by atoms with E-state index in [2.05, 4.69) is 0 Å². The minimum atomic E-state index is -3.40. The van der Waals surface area contributed by atoms with E-state index in [1.54, 1.807) is 6.92 Å². The Kier molecular flexibility index (Phi) is 3.90. The van der Waals surface area contributed by atoms with Gasteiger partial charge in [-0.1, -0.05) is 0 Å². The molecule has 0 N–H and O–H groups in total. The Morgan fingerprint density at radius 3 is 2.31 bits per heavy atom. The SMILES string of the molecule is CC1N(CCCCCl)C(=O)C(C)(C)S1(=O)=O. The topological polar surface area (TPSA) is 54.5 Å². The van der Waals surface area contributed by atoms with Crippen molar-refractivity contribution < 1.29 is 13.2 Å². The van der Waals surface area contributed by atoms with Gasteiger partial charge in [-0.05, 0) is 33.6 Å². The minimum absolute atomic E-state index is 0.297. The first kappa shape index (κ1) is 13.8. The summed E-state index contributed by atoms with van der Waals surface area (Å²) >= 11 is 5.55. The van der Waals surface area contributed by atoms with Gasteiger partial charge in [-0.15, -0.1) is 11.6 Å². The van der Waals surface area contributed by atoms with Gasteiger partial charge in [0, 0.05) is 12.4 Å². The van der Waals surface area contributed by atoms with Crippen LogP contribution in [0.4, 0.5) is 0 Å². The zero-order valence-electron chi connectivity index (χ0n) is 9.86. The van der Waals surface area contributed by atoms with Crippen molar-refractivity contribution in [2.24, 2.45) is 0 Å². The molecule has 0 aromatic carbocycles. The van der Waals surface area contributed by atoms with Crippen molar-refractivity contribution in [3.63, 3.8) is 0 Å². The Labute approximate surface area is 102 Å². The molecule has 1 unspecified atom stereocenters. The van der Waals surface area contributed by atoms with Crippen LogP contribution in [0.2, 0.25) is 0 Å². The number of hydrogen-bond acceptors (Lipinski definition) is 3. The quantitative estimate of drug-likeness (QED) is 0.571. The molecule has 6 heteroatoms. The third kappa shape index (κ3) is 1.95. The Bertz CT molecular complexity index is 378. The summed E-state index contributed by atoms with van der Waals surface area (Å²) in [5.41, 5.74) is 0. The molecule has 94 valence electrons. The van der Waals surface area contributed by atoms with Crippen molar-refractivity contribution in [1.29, 1.82) is 0 Å². The highest BCUT2D eigenvalue weighted by Gasteiger charge is 2.56. The van der Waals surface area contributed by atoms with E-state index in [1.165, 1.54) is 18.7 Å². The highest BCUT2D eigenvalue weighted by molar-refractivity contribution is 7.94. The molecule has 1 saturated heterocycles. The molecule has 0 aliphatic carbocycles. The minimum Gasteiger partial charge on any atom is -0.324 e. The lowest BCUT2D eigenvalue weighted by atomic mass is 10.1. The number of nitrogens with zero attached hydrogens (tertiary/aromatic N) is 1. The third-order valence-electron chi connectivity index (χ3n) is 3.16. The van der Waals surface area contributed by atoms with Gasteiger partial charge < -0.3 is 4.90 Å². The largest absolute Gasteiger partial charge is 0.324 e. The summed E-state index contributed by atoms with van der Waals surface area (Å²) in [5.74, 6) is 0.238. The molecule has 4 nitrogen and oxygen atoms in total. The fraction of sp³-hybridized carbons (Fsp3) is 0.900. The van der Waals surface area contributed by atoms with Crippen LogP contribution < -0.4 is 0 Å². The summed E-state index contributed by atoms with van der Waals surface area (Å²) in [6, 6.07) is 0. The normalized spacial score (nSPS) is 27.4. The van der Waals surface area contributed by atoms with Crippen molar-refractivity contribution in [3.05, 3.63) is 0 Å². The molecule has 1 aliphatic heterocycles. The second-order valence-electron chi connectivity index (χ2n) is 4.55. The van der Waals surface area contributed by atoms with Gasteiger partial charge in [-0.2, -0.15) is 0 Å². The molecule has 16 heavy (non-hydrogen) atoms. The fourth-order valence-electron chi connectivity index (χ4n) is 1.89. The van der Waals surface area contributed by atoms with Crippen LogP contribution in [-0.4, -0.2) is 41.8 Å². The molecule has 0 bridgehead atoms. The average Bonchev–Trinajstić information content (AvgIpc) is 2.31. The first-order valence-electron chi connectivity index (χ1n) is 5.37. The summed E-state index contributed by atoms with van der Waals surface area (Å²) < 4.78 is 22.7. The van der Waals surface area contributed by atoms with Crippen LogP contribution >= 0.6 is 11.6 Å². The van der Waals surface area contributed by atoms with Gasteiger partial charge in [-0.3, -0.25) is 4.79 Å². The maximum Gasteiger partial charge on any atom is 0.244 e. The Morgan fingerprint density at radius 2 is 1.94 bits per heavy atom. The molecule has 0 radical (unpaired) electrons. The van der Waals surface area contributed by atoms with Crippen LogP contribution in [0.1, 0.15) is 33.6 Å². The number of carbonyl (C=O) groups excluding carboxylic acids is 1. The van der Waals surface area contributed by atoms with Gasteiger partial charge in [-0.25, -0.2) is 8.42 Å². The van der Waals surface area contributed by atoms with Crippen LogP contribution in [0.3, 0.4) is 0 Å². The zero-order valence-corrected chi connectivity index (χ0v) is 11.4. The molecular weight excluding hydrogens is 250 g/mol. The lowest BCUT2D eigenvalue weighted by Crippen LogP contribution is -2.38. The number of amides is 1. The number of alkyl halides is 1. The van der Waals surface area contributed by atoms with Gasteiger partial charge >= 0.3 is 0 Å². The van der Waals surface area contributed by atoms with E-state index in [-0.39, 0.29) is 5.91 Å². The Morgan fingerprint density at radius 1 is 1.38 bits per heavy atom. The summed E-state index contributed by atoms with van der Waals surface area (Å²) in [6.45, 7) is 4.99. The van der Waals surface area contributed by atoms with Crippen molar-refractivity contribution in [1.82, 2.24) is 4.90 Å². The predicted molar refractivity (Wildman–Crippen MR) is 64.1 cm³/mol. The van der Waals surface area contributed by atoms with E-state index in [0.29, 0.717) is 12.4 Å². The van der Waals surface area contributed by atoms with Crippen LogP contribution in [0.25, 0.3) is 0 Å². The molecule has 0 saturated carbocycles. The van der Waals surface area contributed by atoms with Gasteiger partial charge in [0.15, 0.2) is 9.84 Å². The Balaban J connectivity index is 2.87. The highest BCUT2D eigenvalue weighted by atomic mass is 35.5. The first-order chi connectivity index (χ1) is 7.26. The fourth-order valence-corrected chi connectivity index (χ4v) is 3.83. The van der Waals surface area contributed by atoms with Crippen LogP contribution in [-0.2, 0) is 14.6 Å². The first-order valence-corrected chi connectivity index (χ1v) is 7.45. The molecule has 1 amide bonds. The molecule has 1 atom stereocenters. The van der Waals surface area contributed by atoms with Crippen molar-refractivity contribution >= 4 is 27.3 Å². The zero-order chi connectivity index (χ0) is 12.6. The van der Waals surface area contributed by atoms with E-state index in [0.717, 1.165) is 12.8 Å².